The molecule has 0 spiro atoms. The lowest BCUT2D eigenvalue weighted by molar-refractivity contribution is 0.587. The number of imidazole rings is 1. The van der Waals surface area contributed by atoms with Crippen molar-refractivity contribution in [1.29, 1.82) is 0 Å². The Balaban J connectivity index is 1.89. The van der Waals surface area contributed by atoms with Gasteiger partial charge >= 0.3 is 0 Å². The monoisotopic (exact) mass is 350 g/mol. The lowest BCUT2D eigenvalue weighted by Gasteiger charge is -2.14. The van der Waals surface area contributed by atoms with E-state index >= 15 is 0 Å². The molecule has 0 saturated carbocycles. The minimum atomic E-state index is -3.82. The van der Waals surface area contributed by atoms with Crippen LogP contribution in [0.15, 0.2) is 72.8 Å². The fourth-order valence-corrected chi connectivity index (χ4v) is 4.51. The molecule has 6 nitrogen and oxygen atoms in total. The van der Waals surface area contributed by atoms with E-state index < -0.39 is 15.1 Å². The number of nitrogens with zero attached hydrogens (tertiary/aromatic N) is 3. The van der Waals surface area contributed by atoms with Gasteiger partial charge in [-0.25, -0.2) is 23.4 Å². The van der Waals surface area contributed by atoms with E-state index in [1.165, 1.54) is 18.7 Å². The Morgan fingerprint density at radius 2 is 1.84 bits per heavy atom. The Morgan fingerprint density at radius 1 is 1.04 bits per heavy atom. The summed E-state index contributed by atoms with van der Waals surface area (Å²) in [5.41, 5.74) is 1.25. The number of aromatic nitrogens is 4. The molecule has 1 unspecified atom stereocenters. The van der Waals surface area contributed by atoms with Crippen molar-refractivity contribution in [3.63, 3.8) is 0 Å². The molecular weight excluding hydrogens is 336 g/mol. The molecule has 0 aliphatic heterocycles. The summed E-state index contributed by atoms with van der Waals surface area (Å²) in [4.78, 5) is 14.8. The zero-order valence-corrected chi connectivity index (χ0v) is 13.9. The second-order valence-electron chi connectivity index (χ2n) is 5.59. The third kappa shape index (κ3) is 2.49. The number of aromatic amines is 1. The van der Waals surface area contributed by atoms with Crippen LogP contribution >= 0.6 is 0 Å². The van der Waals surface area contributed by atoms with Gasteiger partial charge in [0, 0.05) is 0 Å². The van der Waals surface area contributed by atoms with E-state index in [1.54, 1.807) is 6.07 Å². The molecule has 0 fully saturated rings. The van der Waals surface area contributed by atoms with Gasteiger partial charge in [-0.3, -0.25) is 0 Å². The summed E-state index contributed by atoms with van der Waals surface area (Å²) in [7, 11) is -3.82. The van der Waals surface area contributed by atoms with E-state index in [1.807, 2.05) is 36.4 Å². The number of sulfone groups is 1. The molecule has 0 saturated heterocycles. The summed E-state index contributed by atoms with van der Waals surface area (Å²) in [6.45, 7) is 3.73. The Morgan fingerprint density at radius 3 is 2.64 bits per heavy atom. The molecule has 1 atom stereocenters. The average Bonchev–Trinajstić information content (AvgIpc) is 3.10. The molecular formula is C18H14N4O2S. The van der Waals surface area contributed by atoms with Crippen LogP contribution in [0.2, 0.25) is 0 Å². The largest absolute Gasteiger partial charge is 0.329 e. The fourth-order valence-electron chi connectivity index (χ4n) is 2.90. The van der Waals surface area contributed by atoms with Crippen LogP contribution in [0.1, 0.15) is 10.8 Å². The number of benzene rings is 2. The van der Waals surface area contributed by atoms with Crippen molar-refractivity contribution in [3.8, 4) is 0 Å². The van der Waals surface area contributed by atoms with Gasteiger partial charge in [-0.2, -0.15) is 0 Å². The van der Waals surface area contributed by atoms with Gasteiger partial charge < -0.3 is 4.98 Å². The first kappa shape index (κ1) is 15.5. The Bertz CT molecular complexity index is 1200. The van der Waals surface area contributed by atoms with Crippen LogP contribution in [-0.2, 0) is 9.84 Å². The number of nitrogens with one attached hydrogen (secondary N) is 1. The van der Waals surface area contributed by atoms with Crippen molar-refractivity contribution in [2.24, 2.45) is 0 Å². The number of fused-ring (bicyclic) bond motifs is 2. The zero-order chi connectivity index (χ0) is 17.4. The third-order valence-electron chi connectivity index (χ3n) is 4.10. The van der Waals surface area contributed by atoms with Crippen molar-refractivity contribution >= 4 is 31.8 Å². The smallest absolute Gasteiger partial charge is 0.208 e. The average molecular weight is 350 g/mol. The van der Waals surface area contributed by atoms with E-state index in [2.05, 4.69) is 26.5 Å². The predicted octanol–water partition coefficient (Wildman–Crippen LogP) is 3.21. The molecule has 1 N–H and O–H groups in total. The SMILES string of the molecule is C=CC(c1ccc2ccccc2c1)S(=O)(=O)c1ncnc2[nH]cnc12. The minimum Gasteiger partial charge on any atom is -0.329 e. The topological polar surface area (TPSA) is 88.6 Å². The van der Waals surface area contributed by atoms with E-state index in [9.17, 15) is 8.42 Å². The Kier molecular flexibility index (Phi) is 3.58. The summed E-state index contributed by atoms with van der Waals surface area (Å²) in [5.74, 6) is 0. The first-order valence-electron chi connectivity index (χ1n) is 7.60. The van der Waals surface area contributed by atoms with Crippen LogP contribution in [0.5, 0.6) is 0 Å². The maximum Gasteiger partial charge on any atom is 0.208 e. The van der Waals surface area contributed by atoms with Gasteiger partial charge in [0.15, 0.2) is 10.7 Å². The van der Waals surface area contributed by atoms with Crippen LogP contribution in [-0.4, -0.2) is 28.4 Å². The summed E-state index contributed by atoms with van der Waals surface area (Å²) in [6.07, 6.45) is 4.03. The van der Waals surface area contributed by atoms with Gasteiger partial charge in [0.2, 0.25) is 9.84 Å². The highest BCUT2D eigenvalue weighted by Crippen LogP contribution is 2.32. The molecule has 0 aliphatic carbocycles. The first-order chi connectivity index (χ1) is 12.1. The van der Waals surface area contributed by atoms with Crippen LogP contribution in [0.3, 0.4) is 0 Å². The highest BCUT2D eigenvalue weighted by molar-refractivity contribution is 7.92. The highest BCUT2D eigenvalue weighted by atomic mass is 32.2. The minimum absolute atomic E-state index is 0.100. The molecule has 124 valence electrons. The molecule has 4 aromatic rings. The Hall–Kier alpha value is -3.06. The molecule has 0 radical (unpaired) electrons. The van der Waals surface area contributed by atoms with Crippen LogP contribution in [0.25, 0.3) is 21.9 Å². The van der Waals surface area contributed by atoms with Crippen molar-refractivity contribution in [2.45, 2.75) is 10.3 Å². The van der Waals surface area contributed by atoms with Crippen LogP contribution in [0, 0.1) is 0 Å². The molecule has 0 amide bonds. The van der Waals surface area contributed by atoms with Gasteiger partial charge in [0.1, 0.15) is 17.1 Å². The van der Waals surface area contributed by atoms with E-state index in [4.69, 9.17) is 0 Å². The molecule has 0 aliphatic rings. The van der Waals surface area contributed by atoms with Gasteiger partial charge in [0.05, 0.1) is 6.33 Å². The standard InChI is InChI=1S/C18H14N4O2S/c1-2-15(14-8-7-12-5-3-4-6-13(12)9-14)25(23,24)18-16-17(20-10-19-16)21-11-22-18/h2-11,15H,1H2,(H,19,20,21,22). The molecule has 25 heavy (non-hydrogen) atoms. The quantitative estimate of drug-likeness (QED) is 0.451. The molecule has 7 heteroatoms. The maximum atomic E-state index is 13.2. The lowest BCUT2D eigenvalue weighted by atomic mass is 10.1. The van der Waals surface area contributed by atoms with Crippen molar-refractivity contribution < 1.29 is 8.42 Å². The number of H-pyrrole nitrogens is 1. The summed E-state index contributed by atoms with van der Waals surface area (Å²) in [5, 5.41) is 0.988. The molecule has 4 rings (SSSR count). The molecule has 2 aromatic carbocycles. The second kappa shape index (κ2) is 5.78. The van der Waals surface area contributed by atoms with Crippen molar-refractivity contribution in [3.05, 3.63) is 73.3 Å². The molecule has 2 aromatic heterocycles. The van der Waals surface area contributed by atoms with Crippen molar-refractivity contribution in [1.82, 2.24) is 19.9 Å². The number of hydrogen-bond acceptors (Lipinski definition) is 5. The summed E-state index contributed by atoms with van der Waals surface area (Å²) < 4.78 is 26.4. The van der Waals surface area contributed by atoms with Crippen molar-refractivity contribution in [2.75, 3.05) is 0 Å². The highest BCUT2D eigenvalue weighted by Gasteiger charge is 2.31. The van der Waals surface area contributed by atoms with E-state index in [0.717, 1.165) is 10.8 Å². The zero-order valence-electron chi connectivity index (χ0n) is 13.1. The summed E-state index contributed by atoms with van der Waals surface area (Å²) in [6, 6.07) is 13.4. The summed E-state index contributed by atoms with van der Waals surface area (Å²) >= 11 is 0. The second-order valence-corrected chi connectivity index (χ2v) is 7.57. The van der Waals surface area contributed by atoms with Gasteiger partial charge in [-0.05, 0) is 22.4 Å². The van der Waals surface area contributed by atoms with Gasteiger partial charge in [0.25, 0.3) is 0 Å². The lowest BCUT2D eigenvalue weighted by Crippen LogP contribution is -2.14. The third-order valence-corrected chi connectivity index (χ3v) is 6.07. The normalized spacial score (nSPS) is 13.1. The van der Waals surface area contributed by atoms with Gasteiger partial charge in [-0.1, -0.05) is 42.5 Å². The molecule has 0 bridgehead atoms. The fraction of sp³-hybridized carbons (Fsp3) is 0.0556. The van der Waals surface area contributed by atoms with Gasteiger partial charge in [-0.15, -0.1) is 6.58 Å². The predicted molar refractivity (Wildman–Crippen MR) is 95.8 cm³/mol. The Labute approximate surface area is 144 Å². The number of rotatable bonds is 4. The first-order valence-corrected chi connectivity index (χ1v) is 9.15. The molecule has 2 heterocycles. The maximum absolute atomic E-state index is 13.2. The van der Waals surface area contributed by atoms with E-state index in [0.29, 0.717) is 11.2 Å². The van der Waals surface area contributed by atoms with E-state index in [-0.39, 0.29) is 10.5 Å². The number of hydrogen-bond donors (Lipinski definition) is 1. The van der Waals surface area contributed by atoms with Crippen LogP contribution < -0.4 is 0 Å². The van der Waals surface area contributed by atoms with Crippen LogP contribution in [0.4, 0.5) is 0 Å².